The highest BCUT2D eigenvalue weighted by Crippen LogP contribution is 2.23. The summed E-state index contributed by atoms with van der Waals surface area (Å²) in [7, 11) is 0. The van der Waals surface area contributed by atoms with E-state index in [-0.39, 0.29) is 0 Å². The number of fused-ring (bicyclic) bond motifs is 1. The molecule has 0 aliphatic carbocycles. The van der Waals surface area contributed by atoms with Gasteiger partial charge in [0, 0.05) is 18.8 Å². The molecule has 3 nitrogen and oxygen atoms in total. The average molecular weight is 280 g/mol. The second kappa shape index (κ2) is 6.46. The molecule has 0 unspecified atom stereocenters. The zero-order valence-electron chi connectivity index (χ0n) is 12.0. The number of rotatable bonds is 6. The summed E-state index contributed by atoms with van der Waals surface area (Å²) in [4.78, 5) is 0. The van der Waals surface area contributed by atoms with Gasteiger partial charge in [0.15, 0.2) is 0 Å². The van der Waals surface area contributed by atoms with Crippen LogP contribution >= 0.6 is 0 Å². The number of hydrogen-bond donors (Lipinski definition) is 1. The van der Waals surface area contributed by atoms with Gasteiger partial charge in [-0.25, -0.2) is 0 Å². The van der Waals surface area contributed by atoms with E-state index < -0.39 is 0 Å². The minimum atomic E-state index is 0.593. The number of aromatic nitrogens is 1. The first-order chi connectivity index (χ1) is 10.4. The van der Waals surface area contributed by atoms with Crippen LogP contribution in [0.5, 0.6) is 5.75 Å². The van der Waals surface area contributed by atoms with E-state index >= 15 is 0 Å². The summed E-state index contributed by atoms with van der Waals surface area (Å²) in [6.45, 7) is 2.25. The van der Waals surface area contributed by atoms with E-state index in [9.17, 15) is 0 Å². The van der Waals surface area contributed by atoms with Gasteiger partial charge >= 0.3 is 0 Å². The first-order valence-electron chi connectivity index (χ1n) is 7.32. The molecule has 1 heterocycles. The summed E-state index contributed by atoms with van der Waals surface area (Å²) in [5.74, 6) is 0.902. The third kappa shape index (κ3) is 3.26. The molecule has 0 amide bonds. The van der Waals surface area contributed by atoms with Gasteiger partial charge in [-0.1, -0.05) is 30.3 Å². The van der Waals surface area contributed by atoms with Gasteiger partial charge in [0.1, 0.15) is 12.4 Å². The van der Waals surface area contributed by atoms with E-state index in [1.165, 1.54) is 16.5 Å². The van der Waals surface area contributed by atoms with Crippen molar-refractivity contribution < 1.29 is 4.74 Å². The molecule has 2 aromatic carbocycles. The van der Waals surface area contributed by atoms with Crippen LogP contribution in [0.3, 0.4) is 0 Å². The van der Waals surface area contributed by atoms with Crippen molar-refractivity contribution in [2.75, 3.05) is 6.54 Å². The van der Waals surface area contributed by atoms with Gasteiger partial charge in [0.25, 0.3) is 0 Å². The Kier molecular flexibility index (Phi) is 4.22. The lowest BCUT2D eigenvalue weighted by atomic mass is 10.2. The normalized spacial score (nSPS) is 10.9. The van der Waals surface area contributed by atoms with Crippen molar-refractivity contribution in [1.82, 2.24) is 4.57 Å². The molecule has 21 heavy (non-hydrogen) atoms. The van der Waals surface area contributed by atoms with Crippen LogP contribution in [0.1, 0.15) is 12.0 Å². The molecule has 0 radical (unpaired) electrons. The van der Waals surface area contributed by atoms with Crippen molar-refractivity contribution in [3.63, 3.8) is 0 Å². The predicted octanol–water partition coefficient (Wildman–Crippen LogP) is 3.57. The fraction of sp³-hybridized carbons (Fsp3) is 0.222. The quantitative estimate of drug-likeness (QED) is 0.750. The molecule has 3 heteroatoms. The Balaban J connectivity index is 1.76. The molecule has 3 aromatic rings. The number of ether oxygens (including phenoxy) is 1. The molecule has 1 aromatic heterocycles. The molecule has 3 rings (SSSR count). The predicted molar refractivity (Wildman–Crippen MR) is 86.4 cm³/mol. The molecular weight excluding hydrogens is 260 g/mol. The Bertz CT molecular complexity index is 704. The van der Waals surface area contributed by atoms with Crippen LogP contribution in [0.4, 0.5) is 0 Å². The maximum atomic E-state index is 5.89. The first-order valence-corrected chi connectivity index (χ1v) is 7.32. The lowest BCUT2D eigenvalue weighted by molar-refractivity contribution is 0.306. The molecule has 0 bridgehead atoms. The smallest absolute Gasteiger partial charge is 0.121 e. The summed E-state index contributed by atoms with van der Waals surface area (Å²) in [6.07, 6.45) is 3.10. The molecule has 0 spiro atoms. The van der Waals surface area contributed by atoms with Crippen molar-refractivity contribution in [3.05, 3.63) is 66.4 Å². The van der Waals surface area contributed by atoms with Crippen LogP contribution in [-0.4, -0.2) is 11.1 Å². The van der Waals surface area contributed by atoms with Crippen molar-refractivity contribution in [2.45, 2.75) is 19.6 Å². The van der Waals surface area contributed by atoms with E-state index in [2.05, 4.69) is 41.1 Å². The van der Waals surface area contributed by atoms with Gasteiger partial charge in [-0.2, -0.15) is 0 Å². The third-order valence-electron chi connectivity index (χ3n) is 3.60. The SMILES string of the molecule is NCCCn1ccc2ccc(OCc3ccccc3)cc21. The zero-order valence-corrected chi connectivity index (χ0v) is 12.0. The number of aryl methyl sites for hydroxylation is 1. The highest BCUT2D eigenvalue weighted by molar-refractivity contribution is 5.81. The van der Waals surface area contributed by atoms with E-state index in [0.29, 0.717) is 13.2 Å². The van der Waals surface area contributed by atoms with Crippen molar-refractivity contribution in [2.24, 2.45) is 5.73 Å². The molecule has 0 atom stereocenters. The minimum Gasteiger partial charge on any atom is -0.489 e. The highest BCUT2D eigenvalue weighted by atomic mass is 16.5. The standard InChI is InChI=1S/C18H20N2O/c19-10-4-11-20-12-9-16-7-8-17(13-18(16)20)21-14-15-5-2-1-3-6-15/h1-3,5-9,12-13H,4,10-11,14,19H2. The Morgan fingerprint density at radius 2 is 1.86 bits per heavy atom. The summed E-state index contributed by atoms with van der Waals surface area (Å²) in [6, 6.07) is 18.6. The second-order valence-electron chi connectivity index (χ2n) is 5.15. The monoisotopic (exact) mass is 280 g/mol. The van der Waals surface area contributed by atoms with Gasteiger partial charge in [0.05, 0.1) is 5.52 Å². The largest absolute Gasteiger partial charge is 0.489 e. The number of benzene rings is 2. The van der Waals surface area contributed by atoms with Crippen LogP contribution in [0.2, 0.25) is 0 Å². The van der Waals surface area contributed by atoms with Crippen molar-refractivity contribution >= 4 is 10.9 Å². The van der Waals surface area contributed by atoms with Gasteiger partial charge in [-0.15, -0.1) is 0 Å². The highest BCUT2D eigenvalue weighted by Gasteiger charge is 2.03. The molecule has 0 aliphatic rings. The lowest BCUT2D eigenvalue weighted by Gasteiger charge is -2.08. The maximum Gasteiger partial charge on any atom is 0.121 e. The number of nitrogens with two attached hydrogens (primary N) is 1. The van der Waals surface area contributed by atoms with Crippen LogP contribution in [0.25, 0.3) is 10.9 Å². The van der Waals surface area contributed by atoms with Gasteiger partial charge < -0.3 is 15.0 Å². The van der Waals surface area contributed by atoms with Gasteiger partial charge in [-0.3, -0.25) is 0 Å². The number of nitrogens with zero attached hydrogens (tertiary/aromatic N) is 1. The van der Waals surface area contributed by atoms with Gasteiger partial charge in [-0.05, 0) is 42.1 Å². The average Bonchev–Trinajstić information content (AvgIpc) is 2.94. The van der Waals surface area contributed by atoms with Crippen molar-refractivity contribution in [1.29, 1.82) is 0 Å². The van der Waals surface area contributed by atoms with Crippen LogP contribution in [-0.2, 0) is 13.2 Å². The minimum absolute atomic E-state index is 0.593. The molecule has 0 fully saturated rings. The Morgan fingerprint density at radius 1 is 1.00 bits per heavy atom. The summed E-state index contributed by atoms with van der Waals surface area (Å²) < 4.78 is 8.12. The lowest BCUT2D eigenvalue weighted by Crippen LogP contribution is -2.04. The summed E-state index contributed by atoms with van der Waals surface area (Å²) in [5, 5.41) is 1.24. The number of hydrogen-bond acceptors (Lipinski definition) is 2. The van der Waals surface area contributed by atoms with E-state index in [4.69, 9.17) is 10.5 Å². The Morgan fingerprint density at radius 3 is 2.67 bits per heavy atom. The van der Waals surface area contributed by atoms with Crippen LogP contribution < -0.4 is 10.5 Å². The first kappa shape index (κ1) is 13.7. The molecule has 0 aliphatic heterocycles. The van der Waals surface area contributed by atoms with Crippen LogP contribution in [0, 0.1) is 0 Å². The second-order valence-corrected chi connectivity index (χ2v) is 5.15. The fourth-order valence-corrected chi connectivity index (χ4v) is 2.45. The molecule has 0 saturated carbocycles. The maximum absolute atomic E-state index is 5.89. The molecule has 0 saturated heterocycles. The Labute approximate surface area is 125 Å². The van der Waals surface area contributed by atoms with Gasteiger partial charge in [0.2, 0.25) is 0 Å². The molecule has 108 valence electrons. The van der Waals surface area contributed by atoms with E-state index in [1.807, 2.05) is 24.3 Å². The summed E-state index contributed by atoms with van der Waals surface area (Å²) in [5.41, 5.74) is 7.97. The molecule has 2 N–H and O–H groups in total. The zero-order chi connectivity index (χ0) is 14.5. The third-order valence-corrected chi connectivity index (χ3v) is 3.60. The molecular formula is C18H20N2O. The van der Waals surface area contributed by atoms with Crippen molar-refractivity contribution in [3.8, 4) is 5.75 Å². The Hall–Kier alpha value is -2.26. The fourth-order valence-electron chi connectivity index (χ4n) is 2.45. The van der Waals surface area contributed by atoms with Crippen LogP contribution in [0.15, 0.2) is 60.8 Å². The van der Waals surface area contributed by atoms with E-state index in [1.54, 1.807) is 0 Å². The summed E-state index contributed by atoms with van der Waals surface area (Å²) >= 11 is 0. The topological polar surface area (TPSA) is 40.2 Å². The van der Waals surface area contributed by atoms with E-state index in [0.717, 1.165) is 18.7 Å².